The summed E-state index contributed by atoms with van der Waals surface area (Å²) in [4.78, 5) is 24.8. The van der Waals surface area contributed by atoms with Crippen molar-refractivity contribution in [3.8, 4) is 0 Å². The molecule has 2 saturated carbocycles. The third kappa shape index (κ3) is 2.44. The Balaban J connectivity index is 2.09. The normalized spacial score (nSPS) is 22.4. The van der Waals surface area contributed by atoms with Gasteiger partial charge in [0.2, 0.25) is 5.91 Å². The molecule has 0 aromatic rings. The minimum atomic E-state index is -0.932. The third-order valence-electron chi connectivity index (χ3n) is 4.03. The minimum absolute atomic E-state index is 0.0331. The van der Waals surface area contributed by atoms with Gasteiger partial charge in [-0.05, 0) is 25.7 Å². The van der Waals surface area contributed by atoms with Crippen molar-refractivity contribution in [2.45, 2.75) is 44.6 Å². The van der Waals surface area contributed by atoms with Crippen LogP contribution in [0.25, 0.3) is 0 Å². The average molecular weight is 240 g/mol. The second kappa shape index (κ2) is 4.64. The van der Waals surface area contributed by atoms with Crippen LogP contribution >= 0.6 is 0 Å². The molecule has 0 aromatic heterocycles. The number of hydrogen-bond donors (Lipinski definition) is 2. The molecule has 5 heteroatoms. The molecule has 0 radical (unpaired) electrons. The smallest absolute Gasteiger partial charge is 0.323 e. The highest BCUT2D eigenvalue weighted by atomic mass is 16.4. The first-order valence-electron chi connectivity index (χ1n) is 6.32. The molecule has 0 heterocycles. The zero-order valence-electron chi connectivity index (χ0n) is 10.0. The van der Waals surface area contributed by atoms with Gasteiger partial charge in [-0.1, -0.05) is 12.8 Å². The van der Waals surface area contributed by atoms with E-state index in [1.807, 2.05) is 0 Å². The molecule has 0 spiro atoms. The number of rotatable bonds is 5. The van der Waals surface area contributed by atoms with Crippen LogP contribution in [0.5, 0.6) is 0 Å². The Morgan fingerprint density at radius 3 is 2.29 bits per heavy atom. The molecule has 2 rings (SSSR count). The van der Waals surface area contributed by atoms with Crippen LogP contribution in [0.15, 0.2) is 0 Å². The molecule has 0 aromatic carbocycles. The summed E-state index contributed by atoms with van der Waals surface area (Å²) in [7, 11) is 0. The SMILES string of the molecule is NCC1(C(=O)N(CC(=O)O)C2CCCC2)CC1. The van der Waals surface area contributed by atoms with Gasteiger partial charge in [0.05, 0.1) is 5.41 Å². The van der Waals surface area contributed by atoms with Crippen LogP contribution < -0.4 is 5.73 Å². The molecular weight excluding hydrogens is 220 g/mol. The molecular formula is C12H20N2O3. The Bertz CT molecular complexity index is 320. The second-order valence-electron chi connectivity index (χ2n) is 5.25. The second-order valence-corrected chi connectivity index (χ2v) is 5.25. The number of aliphatic carboxylic acids is 1. The van der Waals surface area contributed by atoms with Crippen LogP contribution in [0.4, 0.5) is 0 Å². The van der Waals surface area contributed by atoms with Gasteiger partial charge in [0.25, 0.3) is 0 Å². The van der Waals surface area contributed by atoms with E-state index in [0.717, 1.165) is 38.5 Å². The summed E-state index contributed by atoms with van der Waals surface area (Å²) in [6.07, 6.45) is 5.66. The van der Waals surface area contributed by atoms with Gasteiger partial charge in [0.1, 0.15) is 6.54 Å². The van der Waals surface area contributed by atoms with Crippen molar-refractivity contribution >= 4 is 11.9 Å². The molecule has 0 aliphatic heterocycles. The van der Waals surface area contributed by atoms with Crippen molar-refractivity contribution in [2.24, 2.45) is 11.1 Å². The van der Waals surface area contributed by atoms with E-state index in [9.17, 15) is 9.59 Å². The van der Waals surface area contributed by atoms with Gasteiger partial charge in [-0.3, -0.25) is 9.59 Å². The number of carbonyl (C=O) groups excluding carboxylic acids is 1. The monoisotopic (exact) mass is 240 g/mol. The van der Waals surface area contributed by atoms with Crippen LogP contribution in [-0.2, 0) is 9.59 Å². The van der Waals surface area contributed by atoms with Crippen LogP contribution in [-0.4, -0.2) is 41.0 Å². The Morgan fingerprint density at radius 1 is 1.29 bits per heavy atom. The summed E-state index contributed by atoms with van der Waals surface area (Å²) in [6, 6.07) is 0.114. The van der Waals surface area contributed by atoms with E-state index in [4.69, 9.17) is 10.8 Å². The molecule has 2 aliphatic rings. The first-order valence-corrected chi connectivity index (χ1v) is 6.32. The number of nitrogens with two attached hydrogens (primary N) is 1. The number of nitrogens with zero attached hydrogens (tertiary/aromatic N) is 1. The highest BCUT2D eigenvalue weighted by Gasteiger charge is 2.51. The summed E-state index contributed by atoms with van der Waals surface area (Å²) in [5, 5.41) is 8.93. The average Bonchev–Trinajstić information content (AvgIpc) is 2.92. The van der Waals surface area contributed by atoms with Gasteiger partial charge in [-0.25, -0.2) is 0 Å². The van der Waals surface area contributed by atoms with Crippen LogP contribution in [0.2, 0.25) is 0 Å². The van der Waals surface area contributed by atoms with Crippen LogP contribution in [0.3, 0.4) is 0 Å². The Labute approximate surface area is 101 Å². The Morgan fingerprint density at radius 2 is 1.88 bits per heavy atom. The first-order chi connectivity index (χ1) is 8.09. The molecule has 0 saturated heterocycles. The maximum atomic E-state index is 12.4. The predicted molar refractivity (Wildman–Crippen MR) is 62.3 cm³/mol. The molecule has 1 amide bonds. The highest BCUT2D eigenvalue weighted by molar-refractivity contribution is 5.88. The minimum Gasteiger partial charge on any atom is -0.480 e. The fourth-order valence-corrected chi connectivity index (χ4v) is 2.69. The molecule has 0 unspecified atom stereocenters. The lowest BCUT2D eigenvalue weighted by atomic mass is 10.0. The molecule has 0 atom stereocenters. The van der Waals surface area contributed by atoms with Crippen molar-refractivity contribution in [3.05, 3.63) is 0 Å². The summed E-state index contributed by atoms with van der Waals surface area (Å²) < 4.78 is 0. The summed E-state index contributed by atoms with van der Waals surface area (Å²) in [5.41, 5.74) is 5.21. The molecule has 2 fully saturated rings. The van der Waals surface area contributed by atoms with E-state index < -0.39 is 11.4 Å². The van der Waals surface area contributed by atoms with Gasteiger partial charge in [-0.15, -0.1) is 0 Å². The van der Waals surface area contributed by atoms with Gasteiger partial charge < -0.3 is 15.7 Å². The van der Waals surface area contributed by atoms with Crippen molar-refractivity contribution in [2.75, 3.05) is 13.1 Å². The van der Waals surface area contributed by atoms with Crippen molar-refractivity contribution in [1.82, 2.24) is 4.90 Å². The topological polar surface area (TPSA) is 83.6 Å². The molecule has 3 N–H and O–H groups in total. The van der Waals surface area contributed by atoms with Crippen molar-refractivity contribution < 1.29 is 14.7 Å². The fourth-order valence-electron chi connectivity index (χ4n) is 2.69. The molecule has 5 nitrogen and oxygen atoms in total. The van der Waals surface area contributed by atoms with Crippen molar-refractivity contribution in [1.29, 1.82) is 0 Å². The Hall–Kier alpha value is -1.10. The van der Waals surface area contributed by atoms with Gasteiger partial charge in [0, 0.05) is 12.6 Å². The number of amides is 1. The lowest BCUT2D eigenvalue weighted by Gasteiger charge is -2.30. The van der Waals surface area contributed by atoms with E-state index >= 15 is 0 Å². The fraction of sp³-hybridized carbons (Fsp3) is 0.833. The van der Waals surface area contributed by atoms with Gasteiger partial charge in [-0.2, -0.15) is 0 Å². The van der Waals surface area contributed by atoms with E-state index in [1.165, 1.54) is 0 Å². The zero-order valence-corrected chi connectivity index (χ0v) is 10.0. The molecule has 17 heavy (non-hydrogen) atoms. The molecule has 96 valence electrons. The lowest BCUT2D eigenvalue weighted by Crippen LogP contribution is -2.47. The number of hydrogen-bond acceptors (Lipinski definition) is 3. The standard InChI is InChI=1S/C12H20N2O3/c13-8-12(5-6-12)11(17)14(7-10(15)16)9-3-1-2-4-9/h9H,1-8,13H2,(H,15,16). The predicted octanol–water partition coefficient (Wildman–Crippen LogP) is 0.581. The largest absolute Gasteiger partial charge is 0.480 e. The lowest BCUT2D eigenvalue weighted by molar-refractivity contribution is -0.148. The quantitative estimate of drug-likeness (QED) is 0.736. The number of carboxylic acid groups (broad SMARTS) is 1. The molecule has 2 aliphatic carbocycles. The van der Waals surface area contributed by atoms with E-state index in [-0.39, 0.29) is 18.5 Å². The third-order valence-corrected chi connectivity index (χ3v) is 4.03. The van der Waals surface area contributed by atoms with E-state index in [0.29, 0.717) is 6.54 Å². The maximum absolute atomic E-state index is 12.4. The van der Waals surface area contributed by atoms with Crippen LogP contribution in [0, 0.1) is 5.41 Å². The highest BCUT2D eigenvalue weighted by Crippen LogP contribution is 2.47. The van der Waals surface area contributed by atoms with E-state index in [1.54, 1.807) is 4.90 Å². The Kier molecular flexibility index (Phi) is 3.38. The zero-order chi connectivity index (χ0) is 12.5. The van der Waals surface area contributed by atoms with Crippen molar-refractivity contribution in [3.63, 3.8) is 0 Å². The summed E-state index contributed by atoms with van der Waals surface area (Å²) in [6.45, 7) is 0.167. The maximum Gasteiger partial charge on any atom is 0.323 e. The number of carbonyl (C=O) groups is 2. The summed E-state index contributed by atoms with van der Waals surface area (Å²) in [5.74, 6) is -0.965. The van der Waals surface area contributed by atoms with Crippen LogP contribution in [0.1, 0.15) is 38.5 Å². The molecule has 0 bridgehead atoms. The van der Waals surface area contributed by atoms with Gasteiger partial charge in [0.15, 0.2) is 0 Å². The number of carboxylic acids is 1. The first kappa shape index (κ1) is 12.4. The summed E-state index contributed by atoms with van der Waals surface area (Å²) >= 11 is 0. The van der Waals surface area contributed by atoms with E-state index in [2.05, 4.69) is 0 Å². The van der Waals surface area contributed by atoms with Gasteiger partial charge >= 0.3 is 5.97 Å².